The third-order valence-corrected chi connectivity index (χ3v) is 10.5. The lowest BCUT2D eigenvalue weighted by Crippen LogP contribution is -2.53. The highest BCUT2D eigenvalue weighted by molar-refractivity contribution is 5.50. The SMILES string of the molecule is CC(Cc1ccccc1)[C@H]1CC=C2C3=C(CC[C@@]21C)[C@@]1(C)CCC(O)C(C)(C)C1CC3. The van der Waals surface area contributed by atoms with Crippen molar-refractivity contribution < 1.29 is 5.11 Å². The molecule has 31 heavy (non-hydrogen) atoms. The first-order valence-corrected chi connectivity index (χ1v) is 12.8. The molecule has 0 spiro atoms. The van der Waals surface area contributed by atoms with Gasteiger partial charge in [-0.05, 0) is 102 Å². The Morgan fingerprint density at radius 3 is 2.45 bits per heavy atom. The Balaban J connectivity index is 1.44. The zero-order valence-corrected chi connectivity index (χ0v) is 20.4. The van der Waals surface area contributed by atoms with Gasteiger partial charge in [-0.25, -0.2) is 0 Å². The molecule has 1 saturated carbocycles. The zero-order valence-electron chi connectivity index (χ0n) is 20.4. The van der Waals surface area contributed by atoms with E-state index in [0.29, 0.717) is 17.3 Å². The van der Waals surface area contributed by atoms with E-state index in [4.69, 9.17) is 0 Å². The van der Waals surface area contributed by atoms with Gasteiger partial charge >= 0.3 is 0 Å². The molecule has 3 unspecified atom stereocenters. The highest BCUT2D eigenvalue weighted by Gasteiger charge is 2.57. The Morgan fingerprint density at radius 1 is 0.968 bits per heavy atom. The minimum absolute atomic E-state index is 0.0308. The van der Waals surface area contributed by atoms with Crippen molar-refractivity contribution in [2.75, 3.05) is 0 Å². The Kier molecular flexibility index (Phi) is 5.09. The van der Waals surface area contributed by atoms with Gasteiger partial charge in [0.1, 0.15) is 0 Å². The van der Waals surface area contributed by atoms with Crippen LogP contribution in [0.4, 0.5) is 0 Å². The second kappa shape index (κ2) is 7.34. The summed E-state index contributed by atoms with van der Waals surface area (Å²) in [5.74, 6) is 2.08. The number of hydrogen-bond donors (Lipinski definition) is 1. The predicted octanol–water partition coefficient (Wildman–Crippen LogP) is 7.51. The zero-order chi connectivity index (χ0) is 22.0. The van der Waals surface area contributed by atoms with Gasteiger partial charge in [0.25, 0.3) is 0 Å². The molecule has 0 aliphatic heterocycles. The molecule has 4 aliphatic rings. The molecule has 5 rings (SSSR count). The monoisotopic (exact) mass is 418 g/mol. The molecule has 6 atom stereocenters. The number of rotatable bonds is 3. The lowest BCUT2D eigenvalue weighted by molar-refractivity contribution is -0.0905. The first-order chi connectivity index (χ1) is 14.7. The molecule has 0 radical (unpaired) electrons. The van der Waals surface area contributed by atoms with Crippen molar-refractivity contribution in [3.63, 3.8) is 0 Å². The van der Waals surface area contributed by atoms with Gasteiger partial charge in [-0.3, -0.25) is 0 Å². The van der Waals surface area contributed by atoms with Crippen molar-refractivity contribution >= 4 is 0 Å². The van der Waals surface area contributed by atoms with Crippen molar-refractivity contribution in [3.05, 3.63) is 58.7 Å². The van der Waals surface area contributed by atoms with E-state index >= 15 is 0 Å². The summed E-state index contributed by atoms with van der Waals surface area (Å²) in [5.41, 5.74) is 7.40. The minimum atomic E-state index is -0.143. The van der Waals surface area contributed by atoms with Crippen LogP contribution in [0.1, 0.15) is 85.1 Å². The van der Waals surface area contributed by atoms with Gasteiger partial charge in [-0.15, -0.1) is 0 Å². The van der Waals surface area contributed by atoms with Crippen LogP contribution in [0.25, 0.3) is 0 Å². The molecule has 1 nitrogen and oxygen atoms in total. The molecule has 0 amide bonds. The molecule has 1 aromatic rings. The van der Waals surface area contributed by atoms with Gasteiger partial charge in [-0.2, -0.15) is 0 Å². The smallest absolute Gasteiger partial charge is 0.0594 e. The number of aliphatic hydroxyl groups excluding tert-OH is 1. The highest BCUT2D eigenvalue weighted by Crippen LogP contribution is 2.66. The molecule has 1 N–H and O–H groups in total. The first-order valence-electron chi connectivity index (χ1n) is 12.8. The molecule has 168 valence electrons. The lowest BCUT2D eigenvalue weighted by Gasteiger charge is -2.59. The van der Waals surface area contributed by atoms with Crippen LogP contribution in [0.15, 0.2) is 53.1 Å². The molecular formula is C30H42O. The molecule has 1 heteroatoms. The summed E-state index contributed by atoms with van der Waals surface area (Å²) in [6, 6.07) is 11.1. The summed E-state index contributed by atoms with van der Waals surface area (Å²) in [6.45, 7) is 12.3. The van der Waals surface area contributed by atoms with E-state index < -0.39 is 0 Å². The number of hydrogen-bond acceptors (Lipinski definition) is 1. The Hall–Kier alpha value is -1.34. The van der Waals surface area contributed by atoms with Crippen molar-refractivity contribution in [1.29, 1.82) is 0 Å². The summed E-state index contributed by atoms with van der Waals surface area (Å²) >= 11 is 0. The van der Waals surface area contributed by atoms with Crippen molar-refractivity contribution in [3.8, 4) is 0 Å². The largest absolute Gasteiger partial charge is 0.393 e. The van der Waals surface area contributed by atoms with Gasteiger partial charge in [0, 0.05) is 0 Å². The molecule has 0 heterocycles. The fraction of sp³-hybridized carbons (Fsp3) is 0.667. The highest BCUT2D eigenvalue weighted by atomic mass is 16.3. The van der Waals surface area contributed by atoms with Crippen LogP contribution in [0.2, 0.25) is 0 Å². The van der Waals surface area contributed by atoms with Crippen LogP contribution in [-0.4, -0.2) is 11.2 Å². The van der Waals surface area contributed by atoms with Crippen LogP contribution in [-0.2, 0) is 6.42 Å². The molecule has 4 aliphatic carbocycles. The van der Waals surface area contributed by atoms with Crippen molar-refractivity contribution in [2.45, 2.75) is 92.1 Å². The normalized spacial score (nSPS) is 39.9. The summed E-state index contributed by atoms with van der Waals surface area (Å²) < 4.78 is 0. The van der Waals surface area contributed by atoms with Gasteiger partial charge in [0.05, 0.1) is 6.10 Å². The summed E-state index contributed by atoms with van der Waals surface area (Å²) in [5, 5.41) is 10.8. The fourth-order valence-electron chi connectivity index (χ4n) is 8.70. The predicted molar refractivity (Wildman–Crippen MR) is 130 cm³/mol. The summed E-state index contributed by atoms with van der Waals surface area (Å²) in [7, 11) is 0. The molecular weight excluding hydrogens is 376 g/mol. The van der Waals surface area contributed by atoms with Crippen LogP contribution in [0.3, 0.4) is 0 Å². The molecule has 1 fully saturated rings. The third kappa shape index (κ3) is 3.13. The maximum absolute atomic E-state index is 10.8. The van der Waals surface area contributed by atoms with Gasteiger partial charge in [0.2, 0.25) is 0 Å². The third-order valence-electron chi connectivity index (χ3n) is 10.5. The van der Waals surface area contributed by atoms with Crippen LogP contribution < -0.4 is 0 Å². The van der Waals surface area contributed by atoms with E-state index in [1.807, 2.05) is 0 Å². The van der Waals surface area contributed by atoms with E-state index in [2.05, 4.69) is 71.0 Å². The number of aliphatic hydroxyl groups is 1. The first kappa shape index (κ1) is 21.5. The molecule has 0 aromatic heterocycles. The average Bonchev–Trinajstić information content (AvgIpc) is 3.09. The van der Waals surface area contributed by atoms with E-state index in [1.165, 1.54) is 50.5 Å². The van der Waals surface area contributed by atoms with Crippen molar-refractivity contribution in [2.24, 2.45) is 34.0 Å². The maximum Gasteiger partial charge on any atom is 0.0594 e. The Bertz CT molecular complexity index is 906. The standard InChI is InChI=1S/C30H42O/c1-20(19-21-9-7-6-8-10-21)23-12-13-24-22-11-14-26-28(2,3)27(31)16-18-30(26,5)25(22)15-17-29(23,24)4/h6-10,13,20,23,26-27,31H,11-12,14-19H2,1-5H3/t20?,23-,26?,27?,29-,30-/m1/s1. The van der Waals surface area contributed by atoms with Crippen LogP contribution >= 0.6 is 0 Å². The van der Waals surface area contributed by atoms with Crippen molar-refractivity contribution in [1.82, 2.24) is 0 Å². The van der Waals surface area contributed by atoms with E-state index in [0.717, 1.165) is 12.3 Å². The minimum Gasteiger partial charge on any atom is -0.393 e. The van der Waals surface area contributed by atoms with Gasteiger partial charge in [-0.1, -0.05) is 76.6 Å². The number of allylic oxidation sites excluding steroid dienone is 4. The Morgan fingerprint density at radius 2 is 1.71 bits per heavy atom. The molecule has 0 bridgehead atoms. The number of benzene rings is 1. The van der Waals surface area contributed by atoms with Gasteiger partial charge < -0.3 is 5.11 Å². The van der Waals surface area contributed by atoms with E-state index in [-0.39, 0.29) is 16.9 Å². The summed E-state index contributed by atoms with van der Waals surface area (Å²) in [6.07, 6.45) is 12.1. The number of fused-ring (bicyclic) bond motifs is 4. The van der Waals surface area contributed by atoms with E-state index in [1.54, 1.807) is 16.7 Å². The van der Waals surface area contributed by atoms with Gasteiger partial charge in [0.15, 0.2) is 0 Å². The van der Waals surface area contributed by atoms with E-state index in [9.17, 15) is 5.11 Å². The second-order valence-electron chi connectivity index (χ2n) is 12.4. The van der Waals surface area contributed by atoms with Crippen LogP contribution in [0.5, 0.6) is 0 Å². The quantitative estimate of drug-likeness (QED) is 0.538. The second-order valence-corrected chi connectivity index (χ2v) is 12.4. The van der Waals surface area contributed by atoms with Crippen LogP contribution in [0, 0.1) is 34.0 Å². The fourth-order valence-corrected chi connectivity index (χ4v) is 8.70. The topological polar surface area (TPSA) is 20.2 Å². The summed E-state index contributed by atoms with van der Waals surface area (Å²) in [4.78, 5) is 0. The lowest BCUT2D eigenvalue weighted by atomic mass is 9.46. The maximum atomic E-state index is 10.8. The average molecular weight is 419 g/mol. The Labute approximate surface area is 190 Å². The molecule has 0 saturated heterocycles. The molecule has 1 aromatic carbocycles.